The van der Waals surface area contributed by atoms with E-state index in [9.17, 15) is 4.79 Å². The maximum atomic E-state index is 12.0. The number of rotatable bonds is 6. The first-order valence-corrected chi connectivity index (χ1v) is 5.89. The van der Waals surface area contributed by atoms with Crippen LogP contribution >= 0.6 is 0 Å². The lowest BCUT2D eigenvalue weighted by Crippen LogP contribution is -2.25. The van der Waals surface area contributed by atoms with Crippen LogP contribution in [0.15, 0.2) is 18.2 Å². The zero-order valence-electron chi connectivity index (χ0n) is 10.8. The van der Waals surface area contributed by atoms with E-state index in [0.717, 1.165) is 16.7 Å². The summed E-state index contributed by atoms with van der Waals surface area (Å²) in [5, 5.41) is 0. The molecule has 0 aliphatic carbocycles. The molecule has 1 aromatic rings. The fourth-order valence-electron chi connectivity index (χ4n) is 1.86. The number of Topliss-reactive ketones (excluding diaryl/α,β-unsaturated/α-hetero) is 1. The molecule has 1 atom stereocenters. The topological polar surface area (TPSA) is 52.3 Å². The van der Waals surface area contributed by atoms with Crippen LogP contribution in [-0.2, 0) is 4.74 Å². The lowest BCUT2D eigenvalue weighted by molar-refractivity contribution is 0.0966. The quantitative estimate of drug-likeness (QED) is 0.769. The van der Waals surface area contributed by atoms with Crippen LogP contribution in [-0.4, -0.2) is 25.5 Å². The average molecular weight is 235 g/mol. The second kappa shape index (κ2) is 6.52. The highest BCUT2D eigenvalue weighted by atomic mass is 16.5. The molecule has 17 heavy (non-hydrogen) atoms. The number of ketones is 1. The molecule has 0 saturated heterocycles. The molecule has 0 saturated carbocycles. The molecule has 3 heteroatoms. The van der Waals surface area contributed by atoms with Gasteiger partial charge in [0.1, 0.15) is 0 Å². The molecule has 1 unspecified atom stereocenters. The molecule has 3 nitrogen and oxygen atoms in total. The van der Waals surface area contributed by atoms with Gasteiger partial charge < -0.3 is 10.5 Å². The van der Waals surface area contributed by atoms with Crippen molar-refractivity contribution in [2.45, 2.75) is 32.7 Å². The molecule has 2 N–H and O–H groups in total. The molecule has 0 heterocycles. The molecule has 0 fully saturated rings. The van der Waals surface area contributed by atoms with Crippen molar-refractivity contribution in [3.63, 3.8) is 0 Å². The van der Waals surface area contributed by atoms with E-state index in [1.54, 1.807) is 7.11 Å². The third-order valence-corrected chi connectivity index (χ3v) is 2.68. The van der Waals surface area contributed by atoms with Crippen molar-refractivity contribution in [3.05, 3.63) is 34.9 Å². The number of hydrogen-bond acceptors (Lipinski definition) is 3. The van der Waals surface area contributed by atoms with Gasteiger partial charge in [0.05, 0.1) is 0 Å². The Kier molecular flexibility index (Phi) is 5.32. The summed E-state index contributed by atoms with van der Waals surface area (Å²) in [5.74, 6) is 0.111. The Balaban J connectivity index is 2.63. The van der Waals surface area contributed by atoms with Crippen molar-refractivity contribution in [3.8, 4) is 0 Å². The van der Waals surface area contributed by atoms with Gasteiger partial charge in [0.25, 0.3) is 0 Å². The number of ether oxygens (including phenoxy) is 1. The molecular weight excluding hydrogens is 214 g/mol. The van der Waals surface area contributed by atoms with Crippen LogP contribution in [0.2, 0.25) is 0 Å². The highest BCUT2D eigenvalue weighted by molar-refractivity contribution is 5.96. The SMILES string of the molecule is COCCC(N)CC(=O)c1cc(C)cc(C)c1. The van der Waals surface area contributed by atoms with Crippen LogP contribution in [0.25, 0.3) is 0 Å². The Labute approximate surface area is 103 Å². The maximum absolute atomic E-state index is 12.0. The molecule has 0 amide bonds. The largest absolute Gasteiger partial charge is 0.385 e. The van der Waals surface area contributed by atoms with Crippen LogP contribution < -0.4 is 5.73 Å². The molecular formula is C14H21NO2. The fourth-order valence-corrected chi connectivity index (χ4v) is 1.86. The van der Waals surface area contributed by atoms with E-state index in [2.05, 4.69) is 6.07 Å². The van der Waals surface area contributed by atoms with Crippen molar-refractivity contribution >= 4 is 5.78 Å². The van der Waals surface area contributed by atoms with E-state index in [0.29, 0.717) is 19.4 Å². The van der Waals surface area contributed by atoms with E-state index in [4.69, 9.17) is 10.5 Å². The Hall–Kier alpha value is -1.19. The van der Waals surface area contributed by atoms with Crippen molar-refractivity contribution in [1.82, 2.24) is 0 Å². The lowest BCUT2D eigenvalue weighted by atomic mass is 9.99. The minimum Gasteiger partial charge on any atom is -0.385 e. The highest BCUT2D eigenvalue weighted by Gasteiger charge is 2.12. The smallest absolute Gasteiger partial charge is 0.164 e. The van der Waals surface area contributed by atoms with Gasteiger partial charge >= 0.3 is 0 Å². The fraction of sp³-hybridized carbons (Fsp3) is 0.500. The zero-order valence-corrected chi connectivity index (χ0v) is 10.8. The number of carbonyl (C=O) groups is 1. The van der Waals surface area contributed by atoms with Gasteiger partial charge in [0.2, 0.25) is 0 Å². The van der Waals surface area contributed by atoms with Crippen LogP contribution in [0.4, 0.5) is 0 Å². The Morgan fingerprint density at radius 2 is 1.88 bits per heavy atom. The first-order valence-electron chi connectivity index (χ1n) is 5.89. The standard InChI is InChI=1S/C14H21NO2/c1-10-6-11(2)8-12(7-10)14(16)9-13(15)4-5-17-3/h6-8,13H,4-5,9,15H2,1-3H3. The number of carbonyl (C=O) groups excluding carboxylic acids is 1. The number of hydrogen-bond donors (Lipinski definition) is 1. The van der Waals surface area contributed by atoms with Crippen molar-refractivity contribution in [1.29, 1.82) is 0 Å². The summed E-state index contributed by atoms with van der Waals surface area (Å²) in [6.45, 7) is 4.59. The molecule has 0 radical (unpaired) electrons. The van der Waals surface area contributed by atoms with Gasteiger partial charge in [-0.3, -0.25) is 4.79 Å². The summed E-state index contributed by atoms with van der Waals surface area (Å²) in [7, 11) is 1.64. The van der Waals surface area contributed by atoms with Crippen molar-refractivity contribution in [2.75, 3.05) is 13.7 Å². The Morgan fingerprint density at radius 1 is 1.29 bits per heavy atom. The number of methoxy groups -OCH3 is 1. The lowest BCUT2D eigenvalue weighted by Gasteiger charge is -2.10. The second-order valence-electron chi connectivity index (χ2n) is 4.55. The van der Waals surface area contributed by atoms with E-state index >= 15 is 0 Å². The van der Waals surface area contributed by atoms with E-state index in [1.165, 1.54) is 0 Å². The van der Waals surface area contributed by atoms with Gasteiger partial charge in [0, 0.05) is 31.7 Å². The Morgan fingerprint density at radius 3 is 2.41 bits per heavy atom. The predicted octanol–water partition coefficient (Wildman–Crippen LogP) is 2.24. The van der Waals surface area contributed by atoms with E-state index in [-0.39, 0.29) is 11.8 Å². The van der Waals surface area contributed by atoms with E-state index in [1.807, 2.05) is 26.0 Å². The highest BCUT2D eigenvalue weighted by Crippen LogP contribution is 2.12. The van der Waals surface area contributed by atoms with Gasteiger partial charge in [-0.25, -0.2) is 0 Å². The number of benzene rings is 1. The van der Waals surface area contributed by atoms with Crippen LogP contribution in [0, 0.1) is 13.8 Å². The first-order chi connectivity index (χ1) is 8.02. The van der Waals surface area contributed by atoms with Gasteiger partial charge in [-0.15, -0.1) is 0 Å². The molecule has 94 valence electrons. The molecule has 1 rings (SSSR count). The minimum atomic E-state index is -0.122. The molecule has 0 aromatic heterocycles. The van der Waals surface area contributed by atoms with Gasteiger partial charge in [0.15, 0.2) is 5.78 Å². The predicted molar refractivity (Wildman–Crippen MR) is 69.3 cm³/mol. The summed E-state index contributed by atoms with van der Waals surface area (Å²) in [5.41, 5.74) is 8.85. The van der Waals surface area contributed by atoms with E-state index < -0.39 is 0 Å². The summed E-state index contributed by atoms with van der Waals surface area (Å²) in [6.07, 6.45) is 1.10. The monoisotopic (exact) mass is 235 g/mol. The van der Waals surface area contributed by atoms with Gasteiger partial charge in [-0.2, -0.15) is 0 Å². The van der Waals surface area contributed by atoms with Crippen LogP contribution in [0.5, 0.6) is 0 Å². The van der Waals surface area contributed by atoms with Crippen molar-refractivity contribution in [2.24, 2.45) is 5.73 Å². The summed E-state index contributed by atoms with van der Waals surface area (Å²) in [6, 6.07) is 5.77. The second-order valence-corrected chi connectivity index (χ2v) is 4.55. The zero-order chi connectivity index (χ0) is 12.8. The first kappa shape index (κ1) is 13.9. The van der Waals surface area contributed by atoms with Gasteiger partial charge in [-0.05, 0) is 32.4 Å². The minimum absolute atomic E-state index is 0.111. The molecule has 1 aromatic carbocycles. The van der Waals surface area contributed by atoms with Crippen LogP contribution in [0.1, 0.15) is 34.3 Å². The Bertz CT molecular complexity index is 368. The van der Waals surface area contributed by atoms with Gasteiger partial charge in [-0.1, -0.05) is 17.2 Å². The van der Waals surface area contributed by atoms with Crippen molar-refractivity contribution < 1.29 is 9.53 Å². The molecule has 0 spiro atoms. The molecule has 0 aliphatic heterocycles. The normalized spacial score (nSPS) is 12.5. The summed E-state index contributed by atoms with van der Waals surface area (Å²) >= 11 is 0. The maximum Gasteiger partial charge on any atom is 0.164 e. The molecule has 0 aliphatic rings. The third-order valence-electron chi connectivity index (χ3n) is 2.68. The summed E-state index contributed by atoms with van der Waals surface area (Å²) in [4.78, 5) is 12.0. The number of nitrogens with two attached hydrogens (primary N) is 1. The molecule has 0 bridgehead atoms. The average Bonchev–Trinajstić information content (AvgIpc) is 2.25. The summed E-state index contributed by atoms with van der Waals surface area (Å²) < 4.78 is 4.95. The number of aryl methyl sites for hydroxylation is 2. The third kappa shape index (κ3) is 4.67. The van der Waals surface area contributed by atoms with Crippen LogP contribution in [0.3, 0.4) is 0 Å².